The predicted molar refractivity (Wildman–Crippen MR) is 78.9 cm³/mol. The first-order chi connectivity index (χ1) is 9.72. The molecule has 0 aliphatic carbocycles. The fourth-order valence-electron chi connectivity index (χ4n) is 1.82. The van der Waals surface area contributed by atoms with Gasteiger partial charge in [-0.3, -0.25) is 9.97 Å². The Bertz CT molecular complexity index is 844. The second-order valence-electron chi connectivity index (χ2n) is 4.44. The molecule has 3 aromatic rings. The lowest BCUT2D eigenvalue weighted by molar-refractivity contribution is 1.27. The number of fused-ring (bicyclic) bond motifs is 1. The van der Waals surface area contributed by atoms with E-state index >= 15 is 0 Å². The average Bonchev–Trinajstić information content (AvgIpc) is 2.48. The lowest BCUT2D eigenvalue weighted by Crippen LogP contribution is -1.94. The fourth-order valence-corrected chi connectivity index (χ4v) is 1.82. The number of nitrogens with zero attached hydrogens (tertiary/aromatic N) is 3. The number of aromatic nitrogens is 3. The molecular formula is C16H12N4. The number of anilines is 1. The Labute approximate surface area is 116 Å². The van der Waals surface area contributed by atoms with E-state index in [0.29, 0.717) is 5.82 Å². The van der Waals surface area contributed by atoms with E-state index in [1.807, 2.05) is 31.2 Å². The van der Waals surface area contributed by atoms with Gasteiger partial charge in [0.05, 0.1) is 11.0 Å². The Kier molecular flexibility index (Phi) is 3.02. The van der Waals surface area contributed by atoms with Crippen LogP contribution in [0.5, 0.6) is 0 Å². The van der Waals surface area contributed by atoms with Crippen LogP contribution in [0.25, 0.3) is 11.0 Å². The van der Waals surface area contributed by atoms with Gasteiger partial charge < -0.3 is 5.73 Å². The Morgan fingerprint density at radius 3 is 2.50 bits per heavy atom. The van der Waals surface area contributed by atoms with Gasteiger partial charge in [-0.1, -0.05) is 11.8 Å². The molecule has 4 heteroatoms. The molecule has 0 bridgehead atoms. The molecule has 0 spiro atoms. The van der Waals surface area contributed by atoms with E-state index in [-0.39, 0.29) is 0 Å². The maximum atomic E-state index is 5.68. The van der Waals surface area contributed by atoms with E-state index < -0.39 is 0 Å². The summed E-state index contributed by atoms with van der Waals surface area (Å²) in [4.78, 5) is 12.7. The second-order valence-corrected chi connectivity index (χ2v) is 4.44. The first-order valence-electron chi connectivity index (χ1n) is 6.17. The van der Waals surface area contributed by atoms with Gasteiger partial charge >= 0.3 is 0 Å². The van der Waals surface area contributed by atoms with Gasteiger partial charge in [0.1, 0.15) is 5.82 Å². The van der Waals surface area contributed by atoms with Crippen LogP contribution < -0.4 is 5.73 Å². The zero-order valence-corrected chi connectivity index (χ0v) is 11.0. The Morgan fingerprint density at radius 1 is 0.950 bits per heavy atom. The zero-order chi connectivity index (χ0) is 13.9. The van der Waals surface area contributed by atoms with Gasteiger partial charge in [0.2, 0.25) is 0 Å². The van der Waals surface area contributed by atoms with E-state index in [9.17, 15) is 0 Å². The molecule has 0 amide bonds. The highest BCUT2D eigenvalue weighted by Gasteiger charge is 1.97. The molecule has 96 valence electrons. The molecule has 3 heterocycles. The van der Waals surface area contributed by atoms with E-state index in [2.05, 4.69) is 26.8 Å². The third-order valence-corrected chi connectivity index (χ3v) is 2.92. The zero-order valence-electron chi connectivity index (χ0n) is 11.0. The van der Waals surface area contributed by atoms with E-state index in [0.717, 1.165) is 27.7 Å². The smallest absolute Gasteiger partial charge is 0.126 e. The molecule has 0 atom stereocenters. The number of rotatable bonds is 0. The summed E-state index contributed by atoms with van der Waals surface area (Å²) in [7, 11) is 0. The molecule has 2 N–H and O–H groups in total. The van der Waals surface area contributed by atoms with Gasteiger partial charge in [0.25, 0.3) is 0 Å². The molecular weight excluding hydrogens is 248 g/mol. The van der Waals surface area contributed by atoms with Crippen molar-refractivity contribution in [2.24, 2.45) is 0 Å². The van der Waals surface area contributed by atoms with Gasteiger partial charge in [-0.2, -0.15) is 0 Å². The van der Waals surface area contributed by atoms with Gasteiger partial charge in [-0.15, -0.1) is 0 Å². The summed E-state index contributed by atoms with van der Waals surface area (Å²) >= 11 is 0. The van der Waals surface area contributed by atoms with Crippen LogP contribution in [0.4, 0.5) is 5.82 Å². The van der Waals surface area contributed by atoms with Gasteiger partial charge in [0.15, 0.2) is 0 Å². The third-order valence-electron chi connectivity index (χ3n) is 2.92. The minimum atomic E-state index is 0.534. The lowest BCUT2D eigenvalue weighted by atomic mass is 10.2. The summed E-state index contributed by atoms with van der Waals surface area (Å²) in [5, 5.41) is 0. The number of hydrogen-bond acceptors (Lipinski definition) is 4. The molecule has 3 aromatic heterocycles. The average molecular weight is 260 g/mol. The van der Waals surface area contributed by atoms with Crippen molar-refractivity contribution in [3.8, 4) is 11.8 Å². The van der Waals surface area contributed by atoms with Crippen molar-refractivity contribution in [2.45, 2.75) is 6.92 Å². The van der Waals surface area contributed by atoms with Crippen molar-refractivity contribution in [2.75, 3.05) is 5.73 Å². The summed E-state index contributed by atoms with van der Waals surface area (Å²) in [6.07, 6.45) is 5.16. The Morgan fingerprint density at radius 2 is 1.70 bits per heavy atom. The van der Waals surface area contributed by atoms with Crippen molar-refractivity contribution >= 4 is 16.9 Å². The van der Waals surface area contributed by atoms with Crippen molar-refractivity contribution in [3.05, 3.63) is 59.5 Å². The summed E-state index contributed by atoms with van der Waals surface area (Å²) in [5.41, 5.74) is 9.97. The van der Waals surface area contributed by atoms with Crippen LogP contribution in [0.2, 0.25) is 0 Å². The molecule has 20 heavy (non-hydrogen) atoms. The quantitative estimate of drug-likeness (QED) is 0.630. The molecule has 0 aliphatic heterocycles. The fraction of sp³-hybridized carbons (Fsp3) is 0.0625. The maximum Gasteiger partial charge on any atom is 0.126 e. The molecule has 0 saturated carbocycles. The molecule has 3 rings (SSSR count). The third kappa shape index (κ3) is 2.43. The largest absolute Gasteiger partial charge is 0.383 e. The van der Waals surface area contributed by atoms with Crippen molar-refractivity contribution < 1.29 is 0 Å². The molecule has 0 aliphatic rings. The van der Waals surface area contributed by atoms with Crippen LogP contribution in [0.3, 0.4) is 0 Å². The molecule has 0 unspecified atom stereocenters. The Hall–Kier alpha value is -2.93. The van der Waals surface area contributed by atoms with Gasteiger partial charge in [0, 0.05) is 29.7 Å². The van der Waals surface area contributed by atoms with Crippen LogP contribution in [0, 0.1) is 18.8 Å². The summed E-state index contributed by atoms with van der Waals surface area (Å²) in [6.45, 7) is 1.91. The molecule has 0 saturated heterocycles. The van der Waals surface area contributed by atoms with Crippen LogP contribution in [-0.2, 0) is 0 Å². The van der Waals surface area contributed by atoms with E-state index in [1.54, 1.807) is 18.6 Å². The van der Waals surface area contributed by atoms with Crippen molar-refractivity contribution in [1.82, 2.24) is 15.0 Å². The standard InChI is InChI=1S/C16H12N4/c1-11-7-12(10-20-16(11)17)4-5-13-8-15-14(19-9-13)3-2-6-18-15/h2-3,6-10H,1H3,(H2,17,20). The van der Waals surface area contributed by atoms with Crippen molar-refractivity contribution in [1.29, 1.82) is 0 Å². The molecule has 0 fully saturated rings. The lowest BCUT2D eigenvalue weighted by Gasteiger charge is -1.98. The number of nitrogen functional groups attached to an aromatic ring is 1. The van der Waals surface area contributed by atoms with Crippen LogP contribution in [0.15, 0.2) is 42.9 Å². The number of nitrogens with two attached hydrogens (primary N) is 1. The number of aryl methyl sites for hydroxylation is 1. The Balaban J connectivity index is 1.96. The SMILES string of the molecule is Cc1cc(C#Cc2cnc3cccnc3c2)cnc1N. The molecule has 0 aromatic carbocycles. The summed E-state index contributed by atoms with van der Waals surface area (Å²) in [6, 6.07) is 7.63. The van der Waals surface area contributed by atoms with Gasteiger partial charge in [-0.05, 0) is 36.8 Å². The van der Waals surface area contributed by atoms with Gasteiger partial charge in [-0.25, -0.2) is 4.98 Å². The van der Waals surface area contributed by atoms with Crippen LogP contribution in [-0.4, -0.2) is 15.0 Å². The topological polar surface area (TPSA) is 64.7 Å². The first kappa shape index (κ1) is 12.1. The highest BCUT2D eigenvalue weighted by Crippen LogP contribution is 2.10. The summed E-state index contributed by atoms with van der Waals surface area (Å²) in [5.74, 6) is 6.66. The maximum absolute atomic E-state index is 5.68. The van der Waals surface area contributed by atoms with Crippen LogP contribution >= 0.6 is 0 Å². The highest BCUT2D eigenvalue weighted by molar-refractivity contribution is 5.75. The predicted octanol–water partition coefficient (Wildman–Crippen LogP) is 2.32. The van der Waals surface area contributed by atoms with Crippen LogP contribution in [0.1, 0.15) is 16.7 Å². The molecule has 4 nitrogen and oxygen atoms in total. The highest BCUT2D eigenvalue weighted by atomic mass is 14.8. The molecule has 0 radical (unpaired) electrons. The second kappa shape index (κ2) is 4.98. The van der Waals surface area contributed by atoms with E-state index in [1.165, 1.54) is 0 Å². The number of hydrogen-bond donors (Lipinski definition) is 1. The van der Waals surface area contributed by atoms with Crippen molar-refractivity contribution in [3.63, 3.8) is 0 Å². The monoisotopic (exact) mass is 260 g/mol. The summed E-state index contributed by atoms with van der Waals surface area (Å²) < 4.78 is 0. The normalized spacial score (nSPS) is 10.1. The minimum Gasteiger partial charge on any atom is -0.383 e. The minimum absolute atomic E-state index is 0.534. The van der Waals surface area contributed by atoms with E-state index in [4.69, 9.17) is 5.73 Å². The first-order valence-corrected chi connectivity index (χ1v) is 6.17. The number of pyridine rings is 3.